The van der Waals surface area contributed by atoms with Crippen LogP contribution in [0.3, 0.4) is 0 Å². The first-order valence-electron chi connectivity index (χ1n) is 9.16. The maximum atomic E-state index is 12.7. The van der Waals surface area contributed by atoms with Crippen molar-refractivity contribution < 1.29 is 28.2 Å². The Morgan fingerprint density at radius 1 is 1.21 bits per heavy atom. The molecule has 1 rings (SSSR count). The van der Waals surface area contributed by atoms with Gasteiger partial charge in [0, 0.05) is 9.75 Å². The van der Waals surface area contributed by atoms with Gasteiger partial charge in [-0.15, -0.1) is 11.3 Å². The normalized spacial score (nSPS) is 14.9. The maximum absolute atomic E-state index is 12.7. The highest BCUT2D eigenvalue weighted by Crippen LogP contribution is 2.58. The number of thiophene rings is 1. The summed E-state index contributed by atoms with van der Waals surface area (Å²) in [6.45, 7) is 9.86. The van der Waals surface area contributed by atoms with E-state index in [2.05, 4.69) is 32.9 Å². The Morgan fingerprint density at radius 3 is 2.46 bits per heavy atom. The highest BCUT2D eigenvalue weighted by Gasteiger charge is 2.34. The topological polar surface area (TPSA) is 93.1 Å². The molecule has 0 fully saturated rings. The molecule has 28 heavy (non-hydrogen) atoms. The van der Waals surface area contributed by atoms with Crippen LogP contribution in [0.1, 0.15) is 57.2 Å². The predicted molar refractivity (Wildman–Crippen MR) is 117 cm³/mol. The maximum Gasteiger partial charge on any atom is 0.335 e. The van der Waals surface area contributed by atoms with Gasteiger partial charge in [-0.3, -0.25) is 9.13 Å². The van der Waals surface area contributed by atoms with Crippen molar-refractivity contribution >= 4 is 32.4 Å². The lowest BCUT2D eigenvalue weighted by atomic mass is 10.1. The number of hydrogen-bond acceptors (Lipinski definition) is 5. The summed E-state index contributed by atoms with van der Waals surface area (Å²) in [7, 11) is -8.03. The largest absolute Gasteiger partial charge is 0.366 e. The van der Waals surface area contributed by atoms with Gasteiger partial charge in [-0.05, 0) is 65.7 Å². The molecule has 1 atom stereocenters. The van der Waals surface area contributed by atoms with Crippen LogP contribution in [0, 0.1) is 0 Å². The molecule has 2 N–H and O–H groups in total. The van der Waals surface area contributed by atoms with Crippen LogP contribution in [0.2, 0.25) is 0 Å². The van der Waals surface area contributed by atoms with Gasteiger partial charge in [0.1, 0.15) is 12.3 Å². The summed E-state index contributed by atoms with van der Waals surface area (Å²) in [6, 6.07) is 3.95. The summed E-state index contributed by atoms with van der Waals surface area (Å²) < 4.78 is 34.7. The minimum absolute atomic E-state index is 0.224. The SMILES string of the molecule is CC(C)=CCCC(C)=Cc1ccc(COCP(=O)(CP(=O)(O)O)OC(C)C)s1. The van der Waals surface area contributed by atoms with Crippen molar-refractivity contribution in [1.82, 2.24) is 0 Å². The lowest BCUT2D eigenvalue weighted by Gasteiger charge is -2.21. The van der Waals surface area contributed by atoms with E-state index in [9.17, 15) is 9.13 Å². The van der Waals surface area contributed by atoms with Gasteiger partial charge < -0.3 is 19.0 Å². The van der Waals surface area contributed by atoms with Crippen molar-refractivity contribution in [2.45, 2.75) is 60.2 Å². The van der Waals surface area contributed by atoms with Crippen LogP contribution in [0.5, 0.6) is 0 Å². The van der Waals surface area contributed by atoms with E-state index in [4.69, 9.17) is 19.0 Å². The van der Waals surface area contributed by atoms with Crippen LogP contribution < -0.4 is 0 Å². The summed E-state index contributed by atoms with van der Waals surface area (Å²) >= 11 is 1.58. The van der Waals surface area contributed by atoms with Gasteiger partial charge in [0.05, 0.1) is 12.7 Å². The number of rotatable bonds is 12. The predicted octanol–water partition coefficient (Wildman–Crippen LogP) is 6.21. The van der Waals surface area contributed by atoms with E-state index in [1.165, 1.54) is 11.1 Å². The van der Waals surface area contributed by atoms with E-state index < -0.39 is 27.0 Å². The molecule has 6 nitrogen and oxygen atoms in total. The molecule has 0 aromatic carbocycles. The van der Waals surface area contributed by atoms with E-state index in [1.54, 1.807) is 25.2 Å². The van der Waals surface area contributed by atoms with Crippen molar-refractivity contribution in [2.24, 2.45) is 0 Å². The second kappa shape index (κ2) is 11.6. The molecule has 160 valence electrons. The Kier molecular flexibility index (Phi) is 10.6. The third kappa shape index (κ3) is 11.5. The lowest BCUT2D eigenvalue weighted by molar-refractivity contribution is 0.143. The molecule has 0 radical (unpaired) electrons. The van der Waals surface area contributed by atoms with E-state index in [1.807, 2.05) is 12.1 Å². The molecule has 0 aliphatic carbocycles. The lowest BCUT2D eigenvalue weighted by Crippen LogP contribution is -2.08. The van der Waals surface area contributed by atoms with E-state index in [0.29, 0.717) is 0 Å². The van der Waals surface area contributed by atoms with E-state index >= 15 is 0 Å². The fourth-order valence-corrected chi connectivity index (χ4v) is 7.52. The molecule has 1 aromatic rings. The second-order valence-electron chi connectivity index (χ2n) is 7.37. The molecule has 0 spiro atoms. The van der Waals surface area contributed by atoms with Gasteiger partial charge in [0.2, 0.25) is 7.37 Å². The van der Waals surface area contributed by atoms with Gasteiger partial charge in [-0.25, -0.2) is 0 Å². The standard InChI is InChI=1S/C19H32O6P2S/c1-15(2)7-6-8-17(5)11-18-9-10-19(28-18)12-24-13-26(20,25-16(3)4)14-27(21,22)23/h7,9-11,16H,6,8,12-14H2,1-5H3,(H2,21,22,23). The van der Waals surface area contributed by atoms with E-state index in [0.717, 1.165) is 22.6 Å². The Morgan fingerprint density at radius 2 is 1.89 bits per heavy atom. The van der Waals surface area contributed by atoms with Crippen LogP contribution in [-0.4, -0.2) is 28.1 Å². The van der Waals surface area contributed by atoms with Crippen LogP contribution in [0.4, 0.5) is 0 Å². The quantitative estimate of drug-likeness (QED) is 0.290. The number of ether oxygens (including phenoxy) is 1. The van der Waals surface area contributed by atoms with Crippen molar-refractivity contribution in [3.05, 3.63) is 39.1 Å². The average molecular weight is 450 g/mol. The van der Waals surface area contributed by atoms with Crippen molar-refractivity contribution in [3.63, 3.8) is 0 Å². The number of allylic oxidation sites excluding steroid dienone is 3. The van der Waals surface area contributed by atoms with Crippen molar-refractivity contribution in [2.75, 3.05) is 12.3 Å². The average Bonchev–Trinajstić information content (AvgIpc) is 2.90. The Labute approximate surface area is 172 Å². The highest BCUT2D eigenvalue weighted by molar-refractivity contribution is 7.73. The van der Waals surface area contributed by atoms with Gasteiger partial charge >= 0.3 is 7.60 Å². The fraction of sp³-hybridized carbons (Fsp3) is 0.579. The molecule has 0 aliphatic heterocycles. The molecule has 1 heterocycles. The molecule has 1 unspecified atom stereocenters. The van der Waals surface area contributed by atoms with E-state index in [-0.39, 0.29) is 13.0 Å². The van der Waals surface area contributed by atoms with Gasteiger partial charge in [0.25, 0.3) is 0 Å². The minimum atomic E-state index is -4.46. The van der Waals surface area contributed by atoms with Gasteiger partial charge in [-0.1, -0.05) is 17.2 Å². The van der Waals surface area contributed by atoms with Crippen molar-refractivity contribution in [3.8, 4) is 0 Å². The van der Waals surface area contributed by atoms with Gasteiger partial charge in [-0.2, -0.15) is 0 Å². The summed E-state index contributed by atoms with van der Waals surface area (Å²) in [6.07, 6.45) is 5.67. The number of hydrogen-bond donors (Lipinski definition) is 2. The monoisotopic (exact) mass is 450 g/mol. The van der Waals surface area contributed by atoms with Crippen LogP contribution in [0.15, 0.2) is 29.4 Å². The Bertz CT molecular complexity index is 771. The molecular formula is C19H32O6P2S. The molecule has 9 heteroatoms. The minimum Gasteiger partial charge on any atom is -0.366 e. The first-order chi connectivity index (χ1) is 12.9. The third-order valence-electron chi connectivity index (χ3n) is 3.50. The van der Waals surface area contributed by atoms with Crippen molar-refractivity contribution in [1.29, 1.82) is 0 Å². The first-order valence-corrected chi connectivity index (χ1v) is 13.8. The summed E-state index contributed by atoms with van der Waals surface area (Å²) in [5, 5.41) is 0. The van der Waals surface area contributed by atoms with Crippen LogP contribution in [0.25, 0.3) is 6.08 Å². The molecule has 0 saturated carbocycles. The highest BCUT2D eigenvalue weighted by atomic mass is 32.1. The molecule has 0 saturated heterocycles. The Balaban J connectivity index is 2.62. The molecule has 1 aromatic heterocycles. The Hall–Kier alpha value is -0.520. The summed E-state index contributed by atoms with van der Waals surface area (Å²) in [5.74, 6) is -0.804. The fourth-order valence-electron chi connectivity index (χ4n) is 2.51. The molecular weight excluding hydrogens is 418 g/mol. The summed E-state index contributed by atoms with van der Waals surface area (Å²) in [5.41, 5.74) is 2.61. The molecule has 0 aliphatic rings. The zero-order valence-corrected chi connectivity index (χ0v) is 19.9. The first kappa shape index (κ1) is 25.5. The third-order valence-corrected chi connectivity index (χ3v) is 9.08. The summed E-state index contributed by atoms with van der Waals surface area (Å²) in [4.78, 5) is 20.4. The second-order valence-corrected chi connectivity index (χ2v) is 13.1. The van der Waals surface area contributed by atoms with Crippen LogP contribution >= 0.6 is 26.3 Å². The van der Waals surface area contributed by atoms with Gasteiger partial charge in [0.15, 0.2) is 0 Å². The molecule has 0 amide bonds. The molecule has 0 bridgehead atoms. The van der Waals surface area contributed by atoms with Crippen LogP contribution in [-0.2, 0) is 25.0 Å². The zero-order chi connectivity index (χ0) is 21.4. The smallest absolute Gasteiger partial charge is 0.335 e. The zero-order valence-electron chi connectivity index (χ0n) is 17.3.